The number of hydrogen-bond acceptors (Lipinski definition) is 3. The summed E-state index contributed by atoms with van der Waals surface area (Å²) in [5.41, 5.74) is 4.49. The predicted molar refractivity (Wildman–Crippen MR) is 76.6 cm³/mol. The molecule has 0 atom stereocenters. The summed E-state index contributed by atoms with van der Waals surface area (Å²) < 4.78 is 13.5. The largest absolute Gasteiger partial charge is 0.348 e. The first kappa shape index (κ1) is 14.0. The zero-order chi connectivity index (χ0) is 14.5. The number of nitrogens with one attached hydrogen (secondary N) is 2. The molecule has 0 aliphatic carbocycles. The Morgan fingerprint density at radius 1 is 1.25 bits per heavy atom. The summed E-state index contributed by atoms with van der Waals surface area (Å²) in [6, 6.07) is 12.0. The van der Waals surface area contributed by atoms with E-state index in [2.05, 4.69) is 10.7 Å². The number of hydrogen-bond donors (Lipinski definition) is 3. The topological polar surface area (TPSA) is 67.2 Å². The number of benzene rings is 2. The smallest absolute Gasteiger partial charge is 0.253 e. The van der Waals surface area contributed by atoms with Gasteiger partial charge in [0.15, 0.2) is 0 Å². The van der Waals surface area contributed by atoms with E-state index in [-0.39, 0.29) is 17.2 Å². The monoisotopic (exact) mass is 273 g/mol. The number of hydrazine groups is 1. The van der Waals surface area contributed by atoms with E-state index < -0.39 is 5.82 Å². The van der Waals surface area contributed by atoms with Gasteiger partial charge in [0.1, 0.15) is 5.82 Å². The lowest BCUT2D eigenvalue weighted by atomic mass is 10.1. The molecular weight excluding hydrogens is 257 g/mol. The Balaban J connectivity index is 2.11. The van der Waals surface area contributed by atoms with Gasteiger partial charge in [0.2, 0.25) is 0 Å². The number of aryl methyl sites for hydroxylation is 1. The molecule has 2 aromatic rings. The second-order valence-corrected chi connectivity index (χ2v) is 4.48. The van der Waals surface area contributed by atoms with Crippen LogP contribution in [-0.4, -0.2) is 5.91 Å². The molecule has 4 N–H and O–H groups in total. The fourth-order valence-electron chi connectivity index (χ4n) is 1.96. The van der Waals surface area contributed by atoms with Gasteiger partial charge in [0.25, 0.3) is 5.91 Å². The molecule has 0 unspecified atom stereocenters. The molecule has 0 heterocycles. The van der Waals surface area contributed by atoms with Gasteiger partial charge in [-0.3, -0.25) is 10.6 Å². The van der Waals surface area contributed by atoms with Crippen molar-refractivity contribution < 1.29 is 9.18 Å². The van der Waals surface area contributed by atoms with E-state index in [1.54, 1.807) is 0 Å². The fourth-order valence-corrected chi connectivity index (χ4v) is 1.96. The third kappa shape index (κ3) is 3.13. The second-order valence-electron chi connectivity index (χ2n) is 4.48. The number of halogens is 1. The number of rotatable bonds is 4. The van der Waals surface area contributed by atoms with Crippen LogP contribution in [0.1, 0.15) is 21.5 Å². The van der Waals surface area contributed by atoms with E-state index in [0.717, 1.165) is 11.1 Å². The molecule has 0 aliphatic heterocycles. The van der Waals surface area contributed by atoms with Crippen molar-refractivity contribution in [3.63, 3.8) is 0 Å². The maximum Gasteiger partial charge on any atom is 0.253 e. The first-order valence-electron chi connectivity index (χ1n) is 6.20. The van der Waals surface area contributed by atoms with Crippen LogP contribution in [-0.2, 0) is 6.54 Å². The quantitative estimate of drug-likeness (QED) is 0.591. The summed E-state index contributed by atoms with van der Waals surface area (Å²) in [6.07, 6.45) is 0. The molecule has 1 amide bonds. The van der Waals surface area contributed by atoms with Gasteiger partial charge in [0.05, 0.1) is 11.3 Å². The minimum atomic E-state index is -0.560. The lowest BCUT2D eigenvalue weighted by molar-refractivity contribution is 0.0951. The molecule has 0 saturated heterocycles. The van der Waals surface area contributed by atoms with Gasteiger partial charge >= 0.3 is 0 Å². The van der Waals surface area contributed by atoms with E-state index in [0.29, 0.717) is 6.54 Å². The summed E-state index contributed by atoms with van der Waals surface area (Å²) in [7, 11) is 0. The van der Waals surface area contributed by atoms with Crippen molar-refractivity contribution in [1.82, 2.24) is 5.32 Å². The van der Waals surface area contributed by atoms with Crippen LogP contribution in [0.3, 0.4) is 0 Å². The molecule has 2 aromatic carbocycles. The Morgan fingerprint density at radius 2 is 2.00 bits per heavy atom. The molecule has 0 aromatic heterocycles. The van der Waals surface area contributed by atoms with Gasteiger partial charge < -0.3 is 10.7 Å². The average molecular weight is 273 g/mol. The van der Waals surface area contributed by atoms with Gasteiger partial charge in [-0.05, 0) is 24.6 Å². The third-order valence-corrected chi connectivity index (χ3v) is 2.94. The zero-order valence-corrected chi connectivity index (χ0v) is 11.1. The van der Waals surface area contributed by atoms with E-state index in [1.165, 1.54) is 18.2 Å². The van der Waals surface area contributed by atoms with Crippen LogP contribution in [0.2, 0.25) is 0 Å². The van der Waals surface area contributed by atoms with Crippen molar-refractivity contribution >= 4 is 11.6 Å². The molecule has 0 aliphatic rings. The summed E-state index contributed by atoms with van der Waals surface area (Å²) in [4.78, 5) is 12.1. The maximum absolute atomic E-state index is 13.5. The highest BCUT2D eigenvalue weighted by Gasteiger charge is 2.13. The summed E-state index contributed by atoms with van der Waals surface area (Å²) in [5.74, 6) is 4.31. The predicted octanol–water partition coefficient (Wildman–Crippen LogP) is 2.35. The minimum absolute atomic E-state index is 0.00533. The number of carbonyl (C=O) groups is 1. The van der Waals surface area contributed by atoms with Gasteiger partial charge in [-0.15, -0.1) is 0 Å². The van der Waals surface area contributed by atoms with Crippen molar-refractivity contribution in [2.45, 2.75) is 13.5 Å². The van der Waals surface area contributed by atoms with Crippen molar-refractivity contribution in [3.8, 4) is 0 Å². The SMILES string of the molecule is Cc1cccc(CNC(=O)c2cccc(F)c2NN)c1. The lowest BCUT2D eigenvalue weighted by Gasteiger charge is -2.10. The fraction of sp³-hybridized carbons (Fsp3) is 0.133. The van der Waals surface area contributed by atoms with Gasteiger partial charge in [0, 0.05) is 6.54 Å². The first-order valence-corrected chi connectivity index (χ1v) is 6.20. The molecule has 20 heavy (non-hydrogen) atoms. The number of nitrogen functional groups attached to an aromatic ring is 1. The Kier molecular flexibility index (Phi) is 4.32. The Hall–Kier alpha value is -2.40. The lowest BCUT2D eigenvalue weighted by Crippen LogP contribution is -2.25. The van der Waals surface area contributed by atoms with Crippen LogP contribution in [0.25, 0.3) is 0 Å². The van der Waals surface area contributed by atoms with E-state index in [4.69, 9.17) is 5.84 Å². The molecule has 0 spiro atoms. The maximum atomic E-state index is 13.5. The van der Waals surface area contributed by atoms with E-state index >= 15 is 0 Å². The summed E-state index contributed by atoms with van der Waals surface area (Å²) in [5, 5.41) is 2.74. The molecule has 0 saturated carbocycles. The van der Waals surface area contributed by atoms with E-state index in [9.17, 15) is 9.18 Å². The highest BCUT2D eigenvalue weighted by atomic mass is 19.1. The number of carbonyl (C=O) groups excluding carboxylic acids is 1. The molecule has 5 heteroatoms. The van der Waals surface area contributed by atoms with Crippen LogP contribution in [0.4, 0.5) is 10.1 Å². The molecule has 2 rings (SSSR count). The molecule has 0 bridgehead atoms. The molecule has 0 fully saturated rings. The Morgan fingerprint density at radius 3 is 2.70 bits per heavy atom. The first-order chi connectivity index (χ1) is 9.61. The Bertz CT molecular complexity index is 628. The number of nitrogens with two attached hydrogens (primary N) is 1. The van der Waals surface area contributed by atoms with Gasteiger partial charge in [-0.2, -0.15) is 0 Å². The molecule has 104 valence electrons. The highest BCUT2D eigenvalue weighted by Crippen LogP contribution is 2.18. The molecule has 0 radical (unpaired) electrons. The molecule has 4 nitrogen and oxygen atoms in total. The van der Waals surface area contributed by atoms with Crippen molar-refractivity contribution in [2.75, 3.05) is 5.43 Å². The number of amides is 1. The van der Waals surface area contributed by atoms with Crippen LogP contribution >= 0.6 is 0 Å². The number of anilines is 1. The van der Waals surface area contributed by atoms with E-state index in [1.807, 2.05) is 31.2 Å². The van der Waals surface area contributed by atoms with Gasteiger partial charge in [-0.1, -0.05) is 35.9 Å². The van der Waals surface area contributed by atoms with Crippen LogP contribution in [0.5, 0.6) is 0 Å². The standard InChI is InChI=1S/C15H16FN3O/c1-10-4-2-5-11(8-10)9-18-15(20)12-6-3-7-13(16)14(12)19-17/h2-8,19H,9,17H2,1H3,(H,18,20). The summed E-state index contributed by atoms with van der Waals surface area (Å²) in [6.45, 7) is 2.36. The van der Waals surface area contributed by atoms with Crippen LogP contribution in [0.15, 0.2) is 42.5 Å². The number of para-hydroxylation sites is 1. The highest BCUT2D eigenvalue weighted by molar-refractivity contribution is 5.99. The summed E-state index contributed by atoms with van der Waals surface area (Å²) >= 11 is 0. The zero-order valence-electron chi connectivity index (χ0n) is 11.1. The van der Waals surface area contributed by atoms with Crippen molar-refractivity contribution in [2.24, 2.45) is 5.84 Å². The van der Waals surface area contributed by atoms with Crippen molar-refractivity contribution in [1.29, 1.82) is 0 Å². The second kappa shape index (κ2) is 6.16. The van der Waals surface area contributed by atoms with Crippen molar-refractivity contribution in [3.05, 3.63) is 65.0 Å². The van der Waals surface area contributed by atoms with Crippen LogP contribution in [0, 0.1) is 12.7 Å². The normalized spacial score (nSPS) is 10.2. The van der Waals surface area contributed by atoms with Crippen LogP contribution < -0.4 is 16.6 Å². The minimum Gasteiger partial charge on any atom is -0.348 e. The average Bonchev–Trinajstić information content (AvgIpc) is 2.44. The molecular formula is C15H16FN3O. The third-order valence-electron chi connectivity index (χ3n) is 2.94. The Labute approximate surface area is 116 Å². The van der Waals surface area contributed by atoms with Gasteiger partial charge in [-0.25, -0.2) is 4.39 Å².